The van der Waals surface area contributed by atoms with Crippen molar-refractivity contribution in [1.29, 1.82) is 0 Å². The molecule has 0 aliphatic carbocycles. The Hall–Kier alpha value is -2.56. The van der Waals surface area contributed by atoms with Gasteiger partial charge in [-0.05, 0) is 19.1 Å². The number of hydrogen-bond donors (Lipinski definition) is 3. The van der Waals surface area contributed by atoms with Crippen LogP contribution in [0.25, 0.3) is 0 Å². The molecule has 0 aliphatic rings. The molecule has 0 saturated heterocycles. The molecule has 96 valence electrons. The molecule has 1 rings (SSSR count). The molecule has 1 aromatic rings. The monoisotopic (exact) mass is 250 g/mol. The minimum Gasteiger partial charge on any atom is -0.507 e. The number of allylic oxidation sites excluding steroid dienone is 3. The summed E-state index contributed by atoms with van der Waals surface area (Å²) in [5, 5.41) is 25.3. The quantitative estimate of drug-likeness (QED) is 0.565. The van der Waals surface area contributed by atoms with E-state index in [4.69, 9.17) is 15.3 Å². The molecule has 0 atom stereocenters. The van der Waals surface area contributed by atoms with E-state index in [1.54, 1.807) is 24.3 Å². The highest BCUT2D eigenvalue weighted by atomic mass is 16.4. The zero-order valence-corrected chi connectivity index (χ0v) is 9.78. The summed E-state index contributed by atoms with van der Waals surface area (Å²) >= 11 is 0. The molecule has 5 nitrogen and oxygen atoms in total. The van der Waals surface area contributed by atoms with E-state index in [1.807, 2.05) is 6.92 Å². The Kier molecular flexibility index (Phi) is 7.36. The number of aromatic hydroxyl groups is 1. The highest BCUT2D eigenvalue weighted by Crippen LogP contribution is 2.14. The van der Waals surface area contributed by atoms with E-state index in [-0.39, 0.29) is 11.3 Å². The van der Waals surface area contributed by atoms with Crippen LogP contribution in [-0.4, -0.2) is 27.3 Å². The summed E-state index contributed by atoms with van der Waals surface area (Å²) in [5.41, 5.74) is -0.0671. The predicted octanol–water partition coefficient (Wildman–Crippen LogP) is 2.29. The Balaban J connectivity index is 0.000000331. The molecule has 0 saturated carbocycles. The van der Waals surface area contributed by atoms with Gasteiger partial charge < -0.3 is 15.3 Å². The first-order chi connectivity index (χ1) is 8.49. The number of rotatable bonds is 3. The first kappa shape index (κ1) is 15.4. The van der Waals surface area contributed by atoms with Crippen LogP contribution in [0.1, 0.15) is 17.3 Å². The van der Waals surface area contributed by atoms with Gasteiger partial charge in [0.15, 0.2) is 0 Å². The molecule has 0 heterocycles. The number of hydrogen-bond acceptors (Lipinski definition) is 3. The lowest BCUT2D eigenvalue weighted by Crippen LogP contribution is -1.95. The molecule has 0 aliphatic heterocycles. The van der Waals surface area contributed by atoms with Gasteiger partial charge >= 0.3 is 11.9 Å². The van der Waals surface area contributed by atoms with Crippen molar-refractivity contribution >= 4 is 11.9 Å². The average Bonchev–Trinajstić information content (AvgIpc) is 2.30. The predicted molar refractivity (Wildman–Crippen MR) is 66.7 cm³/mol. The lowest BCUT2D eigenvalue weighted by molar-refractivity contribution is -0.131. The number of phenols is 1. The summed E-state index contributed by atoms with van der Waals surface area (Å²) in [6.07, 6.45) is 5.98. The standard InChI is InChI=1S/C7H6O3.C6H8O2/c8-6-4-2-1-3-5(6)7(9)10;1-2-3-4-5-6(7)8/h1-4,8H,(H,9,10);2-5H,1H3,(H,7,8)/b;3-2+,5-4+. The maximum Gasteiger partial charge on any atom is 0.339 e. The van der Waals surface area contributed by atoms with Crippen LogP contribution in [0.3, 0.4) is 0 Å². The Morgan fingerprint density at radius 2 is 1.72 bits per heavy atom. The zero-order valence-electron chi connectivity index (χ0n) is 9.78. The van der Waals surface area contributed by atoms with Crippen molar-refractivity contribution in [3.63, 3.8) is 0 Å². The highest BCUT2D eigenvalue weighted by molar-refractivity contribution is 5.90. The maximum atomic E-state index is 10.3. The van der Waals surface area contributed by atoms with Gasteiger partial charge in [-0.3, -0.25) is 0 Å². The summed E-state index contributed by atoms with van der Waals surface area (Å²) in [5.74, 6) is -2.23. The van der Waals surface area contributed by atoms with E-state index in [0.29, 0.717) is 0 Å². The van der Waals surface area contributed by atoms with Gasteiger partial charge in [-0.2, -0.15) is 0 Å². The van der Waals surface area contributed by atoms with Crippen molar-refractivity contribution in [3.8, 4) is 5.75 Å². The summed E-state index contributed by atoms with van der Waals surface area (Å²) in [7, 11) is 0. The van der Waals surface area contributed by atoms with Crippen molar-refractivity contribution in [1.82, 2.24) is 0 Å². The van der Waals surface area contributed by atoms with Crippen LogP contribution in [0.15, 0.2) is 48.6 Å². The molecular formula is C13H14O5. The fraction of sp³-hybridized carbons (Fsp3) is 0.0769. The van der Waals surface area contributed by atoms with Crippen LogP contribution in [0.2, 0.25) is 0 Å². The van der Waals surface area contributed by atoms with Crippen molar-refractivity contribution < 1.29 is 24.9 Å². The van der Waals surface area contributed by atoms with Gasteiger partial charge in [0.2, 0.25) is 0 Å². The summed E-state index contributed by atoms with van der Waals surface area (Å²) in [6, 6.07) is 5.81. The fourth-order valence-electron chi connectivity index (χ4n) is 0.903. The van der Waals surface area contributed by atoms with Gasteiger partial charge in [0.05, 0.1) is 0 Å². The van der Waals surface area contributed by atoms with Crippen molar-refractivity contribution in [2.24, 2.45) is 0 Å². The molecule has 0 fully saturated rings. The highest BCUT2D eigenvalue weighted by Gasteiger charge is 2.05. The molecule has 0 aromatic heterocycles. The molecule has 3 N–H and O–H groups in total. The molecule has 18 heavy (non-hydrogen) atoms. The van der Waals surface area contributed by atoms with Crippen molar-refractivity contribution in [3.05, 3.63) is 54.1 Å². The number of benzene rings is 1. The van der Waals surface area contributed by atoms with Gasteiger partial charge in [-0.15, -0.1) is 0 Å². The topological polar surface area (TPSA) is 94.8 Å². The molecule has 0 radical (unpaired) electrons. The van der Waals surface area contributed by atoms with E-state index in [9.17, 15) is 9.59 Å². The summed E-state index contributed by atoms with van der Waals surface area (Å²) < 4.78 is 0. The molecule has 5 heteroatoms. The normalized spacial score (nSPS) is 10.1. The minimum atomic E-state index is -1.11. The fourth-order valence-corrected chi connectivity index (χ4v) is 0.903. The molecule has 0 spiro atoms. The van der Waals surface area contributed by atoms with E-state index >= 15 is 0 Å². The van der Waals surface area contributed by atoms with E-state index < -0.39 is 11.9 Å². The Bertz CT molecular complexity index is 460. The Morgan fingerprint density at radius 3 is 2.11 bits per heavy atom. The van der Waals surface area contributed by atoms with Crippen LogP contribution in [0, 0.1) is 0 Å². The largest absolute Gasteiger partial charge is 0.507 e. The molecule has 0 amide bonds. The average molecular weight is 250 g/mol. The first-order valence-electron chi connectivity index (χ1n) is 5.02. The van der Waals surface area contributed by atoms with Gasteiger partial charge in [-0.1, -0.05) is 30.4 Å². The number of aromatic carboxylic acids is 1. The van der Waals surface area contributed by atoms with Gasteiger partial charge in [-0.25, -0.2) is 9.59 Å². The number of carboxylic acids is 2. The third-order valence-corrected chi connectivity index (χ3v) is 1.68. The third kappa shape index (κ3) is 6.84. The van der Waals surface area contributed by atoms with Crippen LogP contribution in [0.4, 0.5) is 0 Å². The van der Waals surface area contributed by atoms with Gasteiger partial charge in [0, 0.05) is 6.08 Å². The van der Waals surface area contributed by atoms with Crippen LogP contribution < -0.4 is 0 Å². The second-order valence-electron chi connectivity index (χ2n) is 3.05. The minimum absolute atomic E-state index is 0.0671. The summed E-state index contributed by atoms with van der Waals surface area (Å²) in [6.45, 7) is 1.83. The number of carbonyl (C=O) groups is 2. The van der Waals surface area contributed by atoms with Crippen LogP contribution >= 0.6 is 0 Å². The molecular weight excluding hydrogens is 236 g/mol. The second kappa shape index (κ2) is 8.58. The van der Waals surface area contributed by atoms with Crippen LogP contribution in [-0.2, 0) is 4.79 Å². The lowest BCUT2D eigenvalue weighted by atomic mass is 10.2. The number of para-hydroxylation sites is 1. The molecule has 1 aromatic carbocycles. The van der Waals surface area contributed by atoms with E-state index in [1.165, 1.54) is 18.2 Å². The van der Waals surface area contributed by atoms with E-state index in [0.717, 1.165) is 6.08 Å². The maximum absolute atomic E-state index is 10.3. The number of carboxylic acid groups (broad SMARTS) is 2. The van der Waals surface area contributed by atoms with Gasteiger partial charge in [0.1, 0.15) is 11.3 Å². The molecule has 0 bridgehead atoms. The first-order valence-corrected chi connectivity index (χ1v) is 5.02. The Morgan fingerprint density at radius 1 is 1.11 bits per heavy atom. The van der Waals surface area contributed by atoms with Gasteiger partial charge in [0.25, 0.3) is 0 Å². The molecule has 0 unspecified atom stereocenters. The smallest absolute Gasteiger partial charge is 0.339 e. The van der Waals surface area contributed by atoms with E-state index in [2.05, 4.69) is 0 Å². The van der Waals surface area contributed by atoms with Crippen LogP contribution in [0.5, 0.6) is 5.75 Å². The number of aliphatic carboxylic acids is 1. The van der Waals surface area contributed by atoms with Crippen molar-refractivity contribution in [2.75, 3.05) is 0 Å². The third-order valence-electron chi connectivity index (χ3n) is 1.68. The lowest BCUT2D eigenvalue weighted by Gasteiger charge is -1.95. The van der Waals surface area contributed by atoms with Crippen molar-refractivity contribution in [2.45, 2.75) is 6.92 Å². The Labute approximate surface area is 104 Å². The second-order valence-corrected chi connectivity index (χ2v) is 3.05. The zero-order chi connectivity index (χ0) is 14.0. The summed E-state index contributed by atoms with van der Waals surface area (Å²) in [4.78, 5) is 20.0. The SMILES string of the molecule is C/C=C/C=C/C(=O)O.O=C(O)c1ccccc1O.